The van der Waals surface area contributed by atoms with E-state index in [9.17, 15) is 9.59 Å². The maximum atomic E-state index is 12.7. The van der Waals surface area contributed by atoms with Crippen molar-refractivity contribution in [3.8, 4) is 0 Å². The van der Waals surface area contributed by atoms with Crippen molar-refractivity contribution in [2.75, 3.05) is 11.9 Å². The van der Waals surface area contributed by atoms with Crippen molar-refractivity contribution in [3.05, 3.63) is 34.8 Å². The number of carbonyl (C=O) groups excluding carboxylic acids is 2. The highest BCUT2D eigenvalue weighted by Gasteiger charge is 2.31. The van der Waals surface area contributed by atoms with Gasteiger partial charge >= 0.3 is 5.97 Å². The minimum atomic E-state index is -0.416. The number of ether oxygens (including phenoxy) is 1. The van der Waals surface area contributed by atoms with E-state index in [1.807, 2.05) is 4.68 Å². The third-order valence-corrected chi connectivity index (χ3v) is 4.75. The van der Waals surface area contributed by atoms with E-state index in [0.29, 0.717) is 40.9 Å². The molecular weight excluding hydrogens is 320 g/mol. The van der Waals surface area contributed by atoms with Gasteiger partial charge in [-0.1, -0.05) is 0 Å². The van der Waals surface area contributed by atoms with Crippen LogP contribution in [0.2, 0.25) is 0 Å². The zero-order valence-corrected chi connectivity index (χ0v) is 15.0. The summed E-state index contributed by atoms with van der Waals surface area (Å²) in [6, 6.07) is 2.04. The number of hydrogen-bond acceptors (Lipinski definition) is 4. The van der Waals surface area contributed by atoms with E-state index in [1.54, 1.807) is 33.0 Å². The number of aromatic amines is 1. The van der Waals surface area contributed by atoms with E-state index in [-0.39, 0.29) is 11.9 Å². The Kier molecular flexibility index (Phi) is 4.65. The van der Waals surface area contributed by atoms with Crippen LogP contribution in [0.25, 0.3) is 0 Å². The van der Waals surface area contributed by atoms with E-state index in [1.165, 1.54) is 12.8 Å². The number of aromatic nitrogens is 3. The summed E-state index contributed by atoms with van der Waals surface area (Å²) in [6.45, 7) is 7.67. The number of H-pyrrole nitrogens is 1. The summed E-state index contributed by atoms with van der Waals surface area (Å²) in [5.41, 5.74) is 2.01. The largest absolute Gasteiger partial charge is 0.462 e. The molecule has 1 fully saturated rings. The predicted molar refractivity (Wildman–Crippen MR) is 93.8 cm³/mol. The summed E-state index contributed by atoms with van der Waals surface area (Å²) in [6.07, 6.45) is 4.09. The van der Waals surface area contributed by atoms with Gasteiger partial charge < -0.3 is 15.0 Å². The lowest BCUT2D eigenvalue weighted by Gasteiger charge is -2.15. The second kappa shape index (κ2) is 6.74. The minimum absolute atomic E-state index is 0.256. The standard InChI is InChI=1S/C18H24N4O3/c1-5-25-18(24)15-10(2)16(20-11(15)3)17(23)21-14-8-9-19-22(14)12(4)13-6-7-13/h8-9,12-13,20H,5-7H2,1-4H3,(H,21,23). The van der Waals surface area contributed by atoms with Gasteiger partial charge in [-0.15, -0.1) is 0 Å². The molecule has 7 heteroatoms. The number of amides is 1. The van der Waals surface area contributed by atoms with Crippen molar-refractivity contribution in [1.29, 1.82) is 0 Å². The fraction of sp³-hybridized carbons (Fsp3) is 0.500. The summed E-state index contributed by atoms with van der Waals surface area (Å²) < 4.78 is 6.92. The van der Waals surface area contributed by atoms with Crippen molar-refractivity contribution in [3.63, 3.8) is 0 Å². The molecule has 134 valence electrons. The van der Waals surface area contributed by atoms with Crippen molar-refractivity contribution in [2.24, 2.45) is 5.92 Å². The molecule has 1 aliphatic carbocycles. The molecule has 2 N–H and O–H groups in total. The average Bonchev–Trinajstić information content (AvgIpc) is 3.24. The third kappa shape index (κ3) is 3.31. The number of nitrogens with zero attached hydrogens (tertiary/aromatic N) is 2. The van der Waals surface area contributed by atoms with Gasteiger partial charge in [-0.05, 0) is 52.0 Å². The first-order chi connectivity index (χ1) is 11.9. The van der Waals surface area contributed by atoms with Crippen LogP contribution in [0.4, 0.5) is 5.82 Å². The van der Waals surface area contributed by atoms with Crippen LogP contribution < -0.4 is 5.32 Å². The Morgan fingerprint density at radius 1 is 1.44 bits per heavy atom. The molecule has 3 rings (SSSR count). The molecule has 0 saturated heterocycles. The summed E-state index contributed by atoms with van der Waals surface area (Å²) in [5.74, 6) is 0.579. The molecular formula is C18H24N4O3. The van der Waals surface area contributed by atoms with Crippen LogP contribution in [-0.4, -0.2) is 33.2 Å². The van der Waals surface area contributed by atoms with E-state index in [0.717, 1.165) is 0 Å². The lowest BCUT2D eigenvalue weighted by molar-refractivity contribution is 0.0525. The van der Waals surface area contributed by atoms with Crippen LogP contribution >= 0.6 is 0 Å². The lowest BCUT2D eigenvalue weighted by Crippen LogP contribution is -2.19. The SMILES string of the molecule is CCOC(=O)c1c(C)[nH]c(C(=O)Nc2ccnn2C(C)C2CC2)c1C. The normalized spacial score (nSPS) is 15.0. The third-order valence-electron chi connectivity index (χ3n) is 4.75. The smallest absolute Gasteiger partial charge is 0.340 e. The van der Waals surface area contributed by atoms with Gasteiger partial charge in [0.15, 0.2) is 0 Å². The number of rotatable bonds is 6. The molecule has 0 radical (unpaired) electrons. The van der Waals surface area contributed by atoms with Gasteiger partial charge in [0, 0.05) is 11.8 Å². The van der Waals surface area contributed by atoms with Crippen molar-refractivity contribution in [2.45, 2.75) is 46.6 Å². The number of hydrogen-bond donors (Lipinski definition) is 2. The Balaban J connectivity index is 1.82. The minimum Gasteiger partial charge on any atom is -0.462 e. The van der Waals surface area contributed by atoms with Crippen molar-refractivity contribution >= 4 is 17.7 Å². The molecule has 1 saturated carbocycles. The van der Waals surface area contributed by atoms with Crippen molar-refractivity contribution < 1.29 is 14.3 Å². The predicted octanol–water partition coefficient (Wildman–Crippen LogP) is 3.23. The Bertz CT molecular complexity index is 801. The summed E-state index contributed by atoms with van der Waals surface area (Å²) in [4.78, 5) is 27.8. The first-order valence-electron chi connectivity index (χ1n) is 8.65. The molecule has 0 bridgehead atoms. The van der Waals surface area contributed by atoms with Crippen LogP contribution in [0.1, 0.15) is 64.8 Å². The molecule has 0 spiro atoms. The van der Waals surface area contributed by atoms with Gasteiger partial charge in [0.25, 0.3) is 5.91 Å². The monoisotopic (exact) mass is 344 g/mol. The van der Waals surface area contributed by atoms with Crippen LogP contribution in [0.5, 0.6) is 0 Å². The zero-order valence-electron chi connectivity index (χ0n) is 15.0. The highest BCUT2D eigenvalue weighted by Crippen LogP contribution is 2.40. The molecule has 2 aromatic rings. The molecule has 2 aromatic heterocycles. The first kappa shape index (κ1) is 17.3. The molecule has 25 heavy (non-hydrogen) atoms. The van der Waals surface area contributed by atoms with Gasteiger partial charge in [0.05, 0.1) is 24.4 Å². The Hall–Kier alpha value is -2.57. The molecule has 1 aliphatic rings. The summed E-state index contributed by atoms with van der Waals surface area (Å²) in [7, 11) is 0. The van der Waals surface area contributed by atoms with Gasteiger partial charge in [-0.25, -0.2) is 9.48 Å². The van der Waals surface area contributed by atoms with Gasteiger partial charge in [0.2, 0.25) is 0 Å². The van der Waals surface area contributed by atoms with Crippen LogP contribution in [0.15, 0.2) is 12.3 Å². The van der Waals surface area contributed by atoms with E-state index in [2.05, 4.69) is 22.3 Å². The average molecular weight is 344 g/mol. The Labute approximate surface area is 146 Å². The number of aryl methyl sites for hydroxylation is 1. The number of carbonyl (C=O) groups is 2. The van der Waals surface area contributed by atoms with E-state index in [4.69, 9.17) is 4.74 Å². The fourth-order valence-electron chi connectivity index (χ4n) is 3.18. The highest BCUT2D eigenvalue weighted by atomic mass is 16.5. The Morgan fingerprint density at radius 2 is 2.16 bits per heavy atom. The molecule has 2 heterocycles. The summed E-state index contributed by atoms with van der Waals surface area (Å²) >= 11 is 0. The molecule has 7 nitrogen and oxygen atoms in total. The highest BCUT2D eigenvalue weighted by molar-refractivity contribution is 6.06. The second-order valence-corrected chi connectivity index (χ2v) is 6.54. The maximum absolute atomic E-state index is 12.7. The first-order valence-corrected chi connectivity index (χ1v) is 8.65. The van der Waals surface area contributed by atoms with Crippen LogP contribution in [-0.2, 0) is 4.74 Å². The molecule has 1 amide bonds. The quantitative estimate of drug-likeness (QED) is 0.787. The van der Waals surface area contributed by atoms with Crippen LogP contribution in [0.3, 0.4) is 0 Å². The van der Waals surface area contributed by atoms with Crippen molar-refractivity contribution in [1.82, 2.24) is 14.8 Å². The number of nitrogens with one attached hydrogen (secondary N) is 2. The molecule has 1 unspecified atom stereocenters. The number of esters is 1. The van der Waals surface area contributed by atoms with Gasteiger partial charge in [0.1, 0.15) is 11.5 Å². The molecule has 1 atom stereocenters. The second-order valence-electron chi connectivity index (χ2n) is 6.54. The van der Waals surface area contributed by atoms with Gasteiger partial charge in [-0.2, -0.15) is 5.10 Å². The Morgan fingerprint density at radius 3 is 2.80 bits per heavy atom. The topological polar surface area (TPSA) is 89.0 Å². The van der Waals surface area contributed by atoms with Gasteiger partial charge in [-0.3, -0.25) is 4.79 Å². The maximum Gasteiger partial charge on any atom is 0.340 e. The zero-order chi connectivity index (χ0) is 18.1. The molecule has 0 aromatic carbocycles. The molecule has 0 aliphatic heterocycles. The number of anilines is 1. The fourth-order valence-corrected chi connectivity index (χ4v) is 3.18. The van der Waals surface area contributed by atoms with E-state index >= 15 is 0 Å². The summed E-state index contributed by atoms with van der Waals surface area (Å²) in [5, 5.41) is 7.24. The van der Waals surface area contributed by atoms with Crippen LogP contribution in [0, 0.1) is 19.8 Å². The lowest BCUT2D eigenvalue weighted by atomic mass is 10.1. The van der Waals surface area contributed by atoms with E-state index < -0.39 is 5.97 Å².